The molecular formula is C11H13NO3. The topological polar surface area (TPSA) is 59.3 Å². The number of hydrogen-bond acceptors (Lipinski definition) is 2. The predicted octanol–water partition coefficient (Wildman–Crippen LogP) is 1.51. The third-order valence-corrected chi connectivity index (χ3v) is 1.92. The molecule has 1 heterocycles. The van der Waals surface area contributed by atoms with E-state index < -0.39 is 11.4 Å². The van der Waals surface area contributed by atoms with Crippen LogP contribution in [-0.4, -0.2) is 15.6 Å². The van der Waals surface area contributed by atoms with Crippen molar-refractivity contribution in [2.45, 2.75) is 20.4 Å². The van der Waals surface area contributed by atoms with E-state index in [4.69, 9.17) is 5.11 Å². The number of nitrogens with zero attached hydrogens (tertiary/aromatic N) is 1. The Morgan fingerprint density at radius 2 is 2.20 bits per heavy atom. The summed E-state index contributed by atoms with van der Waals surface area (Å²) in [5.74, 6) is -1.19. The number of rotatable bonds is 3. The van der Waals surface area contributed by atoms with E-state index in [1.165, 1.54) is 12.3 Å². The molecule has 4 nitrogen and oxygen atoms in total. The molecule has 0 amide bonds. The van der Waals surface area contributed by atoms with E-state index in [-0.39, 0.29) is 5.56 Å². The number of carbonyl (C=O) groups is 1. The fraction of sp³-hybridized carbons (Fsp3) is 0.273. The lowest BCUT2D eigenvalue weighted by molar-refractivity contribution is 0.0694. The van der Waals surface area contributed by atoms with E-state index in [0.717, 1.165) is 5.57 Å². The Bertz CT molecular complexity index is 453. The van der Waals surface area contributed by atoms with Gasteiger partial charge in [0, 0.05) is 25.0 Å². The molecule has 0 saturated heterocycles. The van der Waals surface area contributed by atoms with Crippen LogP contribution >= 0.6 is 0 Å². The monoisotopic (exact) mass is 207 g/mol. The van der Waals surface area contributed by atoms with Crippen LogP contribution in [0, 0.1) is 0 Å². The molecule has 0 unspecified atom stereocenters. The number of allylic oxidation sites excluding steroid dienone is 2. The van der Waals surface area contributed by atoms with E-state index in [1.807, 2.05) is 19.9 Å². The number of hydrogen-bond donors (Lipinski definition) is 1. The fourth-order valence-electron chi connectivity index (χ4n) is 1.09. The highest BCUT2D eigenvalue weighted by molar-refractivity contribution is 5.86. The van der Waals surface area contributed by atoms with Crippen LogP contribution in [0.25, 0.3) is 0 Å². The number of pyridine rings is 1. The van der Waals surface area contributed by atoms with Crippen LogP contribution < -0.4 is 5.43 Å². The Morgan fingerprint density at radius 1 is 1.53 bits per heavy atom. The van der Waals surface area contributed by atoms with Gasteiger partial charge < -0.3 is 9.67 Å². The van der Waals surface area contributed by atoms with Gasteiger partial charge in [-0.15, -0.1) is 0 Å². The minimum Gasteiger partial charge on any atom is -0.477 e. The summed E-state index contributed by atoms with van der Waals surface area (Å²) >= 11 is 0. The lowest BCUT2D eigenvalue weighted by Crippen LogP contribution is -2.16. The zero-order valence-electron chi connectivity index (χ0n) is 8.73. The summed E-state index contributed by atoms with van der Waals surface area (Å²) in [6, 6.07) is 1.27. The lowest BCUT2D eigenvalue weighted by Gasteiger charge is -2.03. The van der Waals surface area contributed by atoms with Gasteiger partial charge in [0.05, 0.1) is 0 Å². The summed E-state index contributed by atoms with van der Waals surface area (Å²) in [5.41, 5.74) is 0.487. The Hall–Kier alpha value is -1.84. The van der Waals surface area contributed by atoms with E-state index >= 15 is 0 Å². The standard InChI is InChI=1S/C11H13NO3/c1-8(2)3-5-12-6-4-10(13)9(7-12)11(14)15/h3-4,6-7H,5H2,1-2H3,(H,14,15). The van der Waals surface area contributed by atoms with Crippen molar-refractivity contribution in [1.82, 2.24) is 4.57 Å². The second kappa shape index (κ2) is 4.59. The number of carboxylic acid groups (broad SMARTS) is 1. The van der Waals surface area contributed by atoms with Crippen LogP contribution in [0.3, 0.4) is 0 Å². The molecule has 1 aromatic heterocycles. The minimum atomic E-state index is -1.19. The highest BCUT2D eigenvalue weighted by Crippen LogP contribution is 1.96. The minimum absolute atomic E-state index is 0.195. The Kier molecular flexibility index (Phi) is 3.44. The molecule has 80 valence electrons. The van der Waals surface area contributed by atoms with Gasteiger partial charge >= 0.3 is 5.97 Å². The van der Waals surface area contributed by atoms with Crippen molar-refractivity contribution in [3.05, 3.63) is 45.9 Å². The molecular weight excluding hydrogens is 194 g/mol. The lowest BCUT2D eigenvalue weighted by atomic mass is 10.2. The summed E-state index contributed by atoms with van der Waals surface area (Å²) < 4.78 is 1.66. The predicted molar refractivity (Wildman–Crippen MR) is 57.1 cm³/mol. The molecule has 0 aliphatic carbocycles. The van der Waals surface area contributed by atoms with Gasteiger partial charge in [-0.1, -0.05) is 11.6 Å². The molecule has 1 aromatic rings. The van der Waals surface area contributed by atoms with Crippen molar-refractivity contribution < 1.29 is 9.90 Å². The molecule has 0 radical (unpaired) electrons. The van der Waals surface area contributed by atoms with Crippen LogP contribution in [0.4, 0.5) is 0 Å². The van der Waals surface area contributed by atoms with Crippen LogP contribution in [0.5, 0.6) is 0 Å². The van der Waals surface area contributed by atoms with Crippen LogP contribution in [0.1, 0.15) is 24.2 Å². The molecule has 1 rings (SSSR count). The summed E-state index contributed by atoms with van der Waals surface area (Å²) in [5, 5.41) is 8.74. The summed E-state index contributed by atoms with van der Waals surface area (Å²) in [6.07, 6.45) is 4.88. The van der Waals surface area contributed by atoms with Gasteiger partial charge in [-0.2, -0.15) is 0 Å². The quantitative estimate of drug-likeness (QED) is 0.764. The molecule has 0 fully saturated rings. The van der Waals surface area contributed by atoms with E-state index in [1.54, 1.807) is 10.8 Å². The molecule has 0 aliphatic heterocycles. The van der Waals surface area contributed by atoms with Gasteiger partial charge in [0.2, 0.25) is 0 Å². The summed E-state index contributed by atoms with van der Waals surface area (Å²) in [6.45, 7) is 4.49. The fourth-order valence-corrected chi connectivity index (χ4v) is 1.09. The third kappa shape index (κ3) is 3.09. The molecule has 1 N–H and O–H groups in total. The van der Waals surface area contributed by atoms with Crippen LogP contribution in [-0.2, 0) is 6.54 Å². The molecule has 0 spiro atoms. The van der Waals surface area contributed by atoms with Crippen molar-refractivity contribution in [2.75, 3.05) is 0 Å². The highest BCUT2D eigenvalue weighted by Gasteiger charge is 2.07. The van der Waals surface area contributed by atoms with Gasteiger partial charge in [0.1, 0.15) is 5.56 Å². The van der Waals surface area contributed by atoms with Crippen molar-refractivity contribution >= 4 is 5.97 Å². The normalized spacial score (nSPS) is 9.73. The number of aromatic nitrogens is 1. The van der Waals surface area contributed by atoms with E-state index in [0.29, 0.717) is 6.54 Å². The largest absolute Gasteiger partial charge is 0.477 e. The molecule has 0 atom stereocenters. The van der Waals surface area contributed by atoms with Crippen LogP contribution in [0.15, 0.2) is 34.9 Å². The Morgan fingerprint density at radius 3 is 2.73 bits per heavy atom. The van der Waals surface area contributed by atoms with Gasteiger partial charge in [-0.25, -0.2) is 4.79 Å². The van der Waals surface area contributed by atoms with Crippen molar-refractivity contribution in [3.63, 3.8) is 0 Å². The Balaban J connectivity index is 3.03. The first-order chi connectivity index (χ1) is 7.00. The first-order valence-electron chi connectivity index (χ1n) is 4.57. The molecule has 4 heteroatoms. The van der Waals surface area contributed by atoms with Gasteiger partial charge in [0.25, 0.3) is 0 Å². The zero-order valence-corrected chi connectivity index (χ0v) is 8.73. The molecule has 0 aromatic carbocycles. The SMILES string of the molecule is CC(C)=CCn1ccc(=O)c(C(=O)O)c1. The average molecular weight is 207 g/mol. The maximum absolute atomic E-state index is 11.1. The van der Waals surface area contributed by atoms with Crippen molar-refractivity contribution in [3.8, 4) is 0 Å². The van der Waals surface area contributed by atoms with Gasteiger partial charge in [-0.3, -0.25) is 4.79 Å². The van der Waals surface area contributed by atoms with Crippen LogP contribution in [0.2, 0.25) is 0 Å². The van der Waals surface area contributed by atoms with E-state index in [9.17, 15) is 9.59 Å². The second-order valence-electron chi connectivity index (χ2n) is 3.51. The first-order valence-corrected chi connectivity index (χ1v) is 4.57. The van der Waals surface area contributed by atoms with Crippen molar-refractivity contribution in [1.29, 1.82) is 0 Å². The van der Waals surface area contributed by atoms with Gasteiger partial charge in [-0.05, 0) is 13.8 Å². The summed E-state index contributed by atoms with van der Waals surface area (Å²) in [7, 11) is 0. The molecule has 0 aliphatic rings. The Labute approximate surface area is 87.5 Å². The maximum Gasteiger partial charge on any atom is 0.341 e. The first kappa shape index (κ1) is 11.2. The van der Waals surface area contributed by atoms with Crippen molar-refractivity contribution in [2.24, 2.45) is 0 Å². The highest BCUT2D eigenvalue weighted by atomic mass is 16.4. The van der Waals surface area contributed by atoms with E-state index in [2.05, 4.69) is 0 Å². The third-order valence-electron chi connectivity index (χ3n) is 1.92. The molecule has 15 heavy (non-hydrogen) atoms. The zero-order chi connectivity index (χ0) is 11.4. The van der Waals surface area contributed by atoms with Gasteiger partial charge in [0.15, 0.2) is 5.43 Å². The maximum atomic E-state index is 11.1. The second-order valence-corrected chi connectivity index (χ2v) is 3.51. The number of aromatic carboxylic acids is 1. The molecule has 0 bridgehead atoms. The average Bonchev–Trinajstić information content (AvgIpc) is 2.16. The smallest absolute Gasteiger partial charge is 0.341 e. The molecule has 0 saturated carbocycles. The summed E-state index contributed by atoms with van der Waals surface area (Å²) in [4.78, 5) is 21.8. The number of carboxylic acids is 1.